The molecule has 0 radical (unpaired) electrons. The van der Waals surface area contributed by atoms with Crippen LogP contribution in [0.5, 0.6) is 0 Å². The van der Waals surface area contributed by atoms with Gasteiger partial charge in [0, 0.05) is 0 Å². The highest BCUT2D eigenvalue weighted by Gasteiger charge is 2.37. The van der Waals surface area contributed by atoms with Crippen molar-refractivity contribution < 1.29 is 27.9 Å². The number of hydrogen-bond acceptors (Lipinski definition) is 4. The quantitative estimate of drug-likeness (QED) is 0.735. The fourth-order valence-corrected chi connectivity index (χ4v) is 3.84. The normalized spacial score (nSPS) is 13.2. The van der Waals surface area contributed by atoms with E-state index in [4.69, 9.17) is 14.2 Å². The van der Waals surface area contributed by atoms with Crippen LogP contribution in [-0.4, -0.2) is 24.3 Å². The van der Waals surface area contributed by atoms with Gasteiger partial charge in [-0.05, 0) is 48.4 Å². The topological polar surface area (TPSA) is 72.8 Å². The summed E-state index contributed by atoms with van der Waals surface area (Å²) in [5, 5.41) is 10.3. The summed E-state index contributed by atoms with van der Waals surface area (Å²) >= 11 is 0. The molecule has 0 aliphatic carbocycles. The van der Waals surface area contributed by atoms with E-state index in [1.807, 2.05) is 0 Å². The summed E-state index contributed by atoms with van der Waals surface area (Å²) in [5.41, 5.74) is 0.230. The smallest absolute Gasteiger partial charge is 0.369 e. The van der Waals surface area contributed by atoms with Crippen molar-refractivity contribution in [3.8, 4) is 0 Å². The number of fused-ring (bicyclic) bond motifs is 1. The summed E-state index contributed by atoms with van der Waals surface area (Å²) in [5.74, 6) is -3.00. The Morgan fingerprint density at radius 3 is 2.30 bits per heavy atom. The lowest BCUT2D eigenvalue weighted by atomic mass is 10.0. The molecular weight excluding hydrogens is 322 g/mol. The Morgan fingerprint density at radius 1 is 1.13 bits per heavy atom. The number of carboxylic acid groups (broad SMARTS) is 1. The zero-order valence-electron chi connectivity index (χ0n) is 12.9. The number of hydrogen-bond donors (Lipinski definition) is 1. The van der Waals surface area contributed by atoms with Crippen molar-refractivity contribution in [2.24, 2.45) is 0 Å². The minimum Gasteiger partial charge on any atom is -0.478 e. The predicted molar refractivity (Wildman–Crippen MR) is 85.6 cm³/mol. The van der Waals surface area contributed by atoms with Crippen LogP contribution in [0.25, 0.3) is 10.8 Å². The standard InChI is InChI=1S/C16H18FO5P/c1-3-21-23(20,22-4-2)15(17)12-7-5-11-6-8-13(16(18)19)10-14(11)9-12/h5-10,15H,3-4H2,1-2H3,(H,18,19). The molecule has 2 aromatic carbocycles. The molecule has 124 valence electrons. The lowest BCUT2D eigenvalue weighted by Crippen LogP contribution is -2.03. The van der Waals surface area contributed by atoms with Crippen molar-refractivity contribution in [3.05, 3.63) is 47.5 Å². The molecule has 0 aromatic heterocycles. The Morgan fingerprint density at radius 2 is 1.74 bits per heavy atom. The van der Waals surface area contributed by atoms with Crippen LogP contribution in [0, 0.1) is 0 Å². The maximum Gasteiger partial charge on any atom is 0.369 e. The SMILES string of the molecule is CCOP(=O)(OCC)C(F)c1ccc2ccc(C(=O)O)cc2c1. The summed E-state index contributed by atoms with van der Waals surface area (Å²) in [6.07, 6.45) is 0. The monoisotopic (exact) mass is 340 g/mol. The third kappa shape index (κ3) is 3.78. The molecule has 0 fully saturated rings. The molecule has 1 N–H and O–H groups in total. The van der Waals surface area contributed by atoms with E-state index in [9.17, 15) is 13.8 Å². The molecule has 2 aromatic rings. The number of rotatable bonds is 7. The highest BCUT2D eigenvalue weighted by atomic mass is 31.2. The van der Waals surface area contributed by atoms with E-state index in [0.29, 0.717) is 5.39 Å². The van der Waals surface area contributed by atoms with E-state index in [-0.39, 0.29) is 24.3 Å². The van der Waals surface area contributed by atoms with Crippen LogP contribution in [0.4, 0.5) is 4.39 Å². The molecule has 23 heavy (non-hydrogen) atoms. The molecule has 0 amide bonds. The molecule has 5 nitrogen and oxygen atoms in total. The number of halogens is 1. The van der Waals surface area contributed by atoms with Crippen LogP contribution < -0.4 is 0 Å². The van der Waals surface area contributed by atoms with E-state index in [1.165, 1.54) is 24.3 Å². The summed E-state index contributed by atoms with van der Waals surface area (Å²) < 4.78 is 37.3. The van der Waals surface area contributed by atoms with Gasteiger partial charge < -0.3 is 14.2 Å². The summed E-state index contributed by atoms with van der Waals surface area (Å²) in [7, 11) is -3.92. The molecule has 0 saturated heterocycles. The Balaban J connectivity index is 2.45. The van der Waals surface area contributed by atoms with Crippen molar-refractivity contribution in [2.75, 3.05) is 13.2 Å². The number of alkyl halides is 1. The average molecular weight is 340 g/mol. The number of aromatic carboxylic acids is 1. The van der Waals surface area contributed by atoms with Crippen LogP contribution in [0.3, 0.4) is 0 Å². The lowest BCUT2D eigenvalue weighted by molar-refractivity contribution is 0.0697. The van der Waals surface area contributed by atoms with Gasteiger partial charge in [0.25, 0.3) is 0 Å². The molecule has 1 atom stereocenters. The fourth-order valence-electron chi connectivity index (χ4n) is 2.26. The van der Waals surface area contributed by atoms with Gasteiger partial charge in [-0.2, -0.15) is 0 Å². The number of carboxylic acids is 1. The summed E-state index contributed by atoms with van der Waals surface area (Å²) in [6.45, 7) is 3.35. The molecule has 0 saturated carbocycles. The summed E-state index contributed by atoms with van der Waals surface area (Å²) in [4.78, 5) is 11.0. The van der Waals surface area contributed by atoms with Gasteiger partial charge >= 0.3 is 13.6 Å². The first-order valence-corrected chi connectivity index (χ1v) is 8.82. The van der Waals surface area contributed by atoms with E-state index in [1.54, 1.807) is 26.0 Å². The molecule has 0 bridgehead atoms. The van der Waals surface area contributed by atoms with E-state index in [0.717, 1.165) is 5.39 Å². The minimum absolute atomic E-state index is 0.0639. The van der Waals surface area contributed by atoms with E-state index >= 15 is 0 Å². The molecule has 1 unspecified atom stereocenters. The maximum absolute atomic E-state index is 14.7. The first kappa shape index (κ1) is 17.6. The van der Waals surface area contributed by atoms with Gasteiger partial charge in [0.1, 0.15) is 0 Å². The zero-order chi connectivity index (χ0) is 17.0. The lowest BCUT2D eigenvalue weighted by Gasteiger charge is -2.21. The fraction of sp³-hybridized carbons (Fsp3) is 0.312. The van der Waals surface area contributed by atoms with Crippen molar-refractivity contribution in [2.45, 2.75) is 19.8 Å². The van der Waals surface area contributed by atoms with Crippen molar-refractivity contribution >= 4 is 24.3 Å². The highest BCUT2D eigenvalue weighted by molar-refractivity contribution is 7.54. The highest BCUT2D eigenvalue weighted by Crippen LogP contribution is 2.61. The van der Waals surface area contributed by atoms with Crippen molar-refractivity contribution in [1.29, 1.82) is 0 Å². The maximum atomic E-state index is 14.7. The first-order valence-electron chi connectivity index (χ1n) is 7.21. The first-order chi connectivity index (χ1) is 10.9. The van der Waals surface area contributed by atoms with E-state index in [2.05, 4.69) is 0 Å². The van der Waals surface area contributed by atoms with Gasteiger partial charge in [0.2, 0.25) is 5.91 Å². The van der Waals surface area contributed by atoms with E-state index < -0.39 is 19.5 Å². The Labute approximate surface area is 133 Å². The van der Waals surface area contributed by atoms with Crippen molar-refractivity contribution in [1.82, 2.24) is 0 Å². The molecular formula is C16H18FO5P. The molecule has 7 heteroatoms. The second-order valence-electron chi connectivity index (χ2n) is 4.84. The second kappa shape index (κ2) is 7.21. The third-order valence-electron chi connectivity index (χ3n) is 3.28. The molecule has 0 spiro atoms. The van der Waals surface area contributed by atoms with Gasteiger partial charge in [-0.1, -0.05) is 18.2 Å². The van der Waals surface area contributed by atoms with Gasteiger partial charge in [-0.25, -0.2) is 9.18 Å². The molecule has 0 heterocycles. The van der Waals surface area contributed by atoms with Crippen LogP contribution in [0.15, 0.2) is 36.4 Å². The third-order valence-corrected chi connectivity index (χ3v) is 5.37. The van der Waals surface area contributed by atoms with Crippen LogP contribution in [0.2, 0.25) is 0 Å². The van der Waals surface area contributed by atoms with Gasteiger partial charge in [-0.15, -0.1) is 0 Å². The predicted octanol–water partition coefficient (Wildman–Crippen LogP) is 4.77. The van der Waals surface area contributed by atoms with Gasteiger partial charge in [0.05, 0.1) is 18.8 Å². The Hall–Kier alpha value is -1.75. The second-order valence-corrected chi connectivity index (χ2v) is 6.89. The van der Waals surface area contributed by atoms with Crippen LogP contribution >= 0.6 is 7.60 Å². The van der Waals surface area contributed by atoms with Crippen LogP contribution in [0.1, 0.15) is 35.7 Å². The van der Waals surface area contributed by atoms with Crippen LogP contribution in [-0.2, 0) is 13.6 Å². The number of benzene rings is 2. The molecule has 2 rings (SSSR count). The van der Waals surface area contributed by atoms with Gasteiger partial charge in [-0.3, -0.25) is 4.57 Å². The van der Waals surface area contributed by atoms with Crippen molar-refractivity contribution in [3.63, 3.8) is 0 Å². The minimum atomic E-state index is -3.92. The molecule has 0 aliphatic rings. The Kier molecular flexibility index (Phi) is 5.52. The molecule has 0 aliphatic heterocycles. The number of carbonyl (C=O) groups is 1. The average Bonchev–Trinajstić information content (AvgIpc) is 2.53. The largest absolute Gasteiger partial charge is 0.478 e. The summed E-state index contributed by atoms with van der Waals surface area (Å²) in [6, 6.07) is 9.17. The van der Waals surface area contributed by atoms with Gasteiger partial charge in [0.15, 0.2) is 0 Å². The zero-order valence-corrected chi connectivity index (χ0v) is 13.8. The Bertz CT molecular complexity index is 751.